The van der Waals surface area contributed by atoms with Crippen molar-refractivity contribution in [3.05, 3.63) is 42.5 Å². The number of aliphatic hydroxyl groups excluding tert-OH is 4. The van der Waals surface area contributed by atoms with Crippen LogP contribution in [-0.4, -0.2) is 63.2 Å². The third kappa shape index (κ3) is 3.45. The van der Waals surface area contributed by atoms with Gasteiger partial charge in [0.2, 0.25) is 6.29 Å². The van der Waals surface area contributed by atoms with Crippen molar-refractivity contribution in [3.8, 4) is 5.75 Å². The Balaban J connectivity index is 0.00000192. The quantitative estimate of drug-likeness (QED) is 0.584. The molecule has 0 bridgehead atoms. The highest BCUT2D eigenvalue weighted by Gasteiger charge is 2.44. The molecule has 0 unspecified atom stereocenters. The van der Waals surface area contributed by atoms with Crippen molar-refractivity contribution in [3.63, 3.8) is 0 Å². The fourth-order valence-electron chi connectivity index (χ4n) is 2.54. The lowest BCUT2D eigenvalue weighted by Crippen LogP contribution is -2.60. The van der Waals surface area contributed by atoms with Crippen LogP contribution in [0.2, 0.25) is 0 Å². The van der Waals surface area contributed by atoms with Crippen LogP contribution in [0.25, 0.3) is 10.8 Å². The van der Waals surface area contributed by atoms with E-state index in [0.29, 0.717) is 5.75 Å². The SMILES string of the molecule is O.OC[C@H]1O[C@@H](Oc2ccc3ccccc3c2)[C@H](O)[C@@H](O)[C@@H]1O. The first-order valence-corrected chi connectivity index (χ1v) is 7.06. The molecule has 1 saturated heterocycles. The smallest absolute Gasteiger partial charge is 0.229 e. The lowest BCUT2D eigenvalue weighted by Gasteiger charge is -2.39. The van der Waals surface area contributed by atoms with E-state index < -0.39 is 37.3 Å². The Kier molecular flexibility index (Phi) is 5.53. The molecule has 0 amide bonds. The second kappa shape index (κ2) is 7.22. The van der Waals surface area contributed by atoms with Gasteiger partial charge in [-0.15, -0.1) is 0 Å². The number of hydrogen-bond donors (Lipinski definition) is 4. The monoisotopic (exact) mass is 324 g/mol. The van der Waals surface area contributed by atoms with Crippen LogP contribution < -0.4 is 4.74 Å². The van der Waals surface area contributed by atoms with Gasteiger partial charge in [0.15, 0.2) is 0 Å². The third-order valence-electron chi connectivity index (χ3n) is 3.82. The van der Waals surface area contributed by atoms with E-state index in [1.807, 2.05) is 30.3 Å². The van der Waals surface area contributed by atoms with Crippen molar-refractivity contribution in [2.45, 2.75) is 30.7 Å². The van der Waals surface area contributed by atoms with Gasteiger partial charge >= 0.3 is 0 Å². The predicted molar refractivity (Wildman–Crippen MR) is 82.0 cm³/mol. The van der Waals surface area contributed by atoms with E-state index in [4.69, 9.17) is 14.6 Å². The number of rotatable bonds is 3. The molecule has 6 N–H and O–H groups in total. The summed E-state index contributed by atoms with van der Waals surface area (Å²) in [4.78, 5) is 0. The molecule has 1 aliphatic rings. The lowest BCUT2D eigenvalue weighted by atomic mass is 9.99. The van der Waals surface area contributed by atoms with E-state index in [-0.39, 0.29) is 5.48 Å². The minimum atomic E-state index is -1.45. The lowest BCUT2D eigenvalue weighted by molar-refractivity contribution is -0.277. The molecule has 3 rings (SSSR count). The molecule has 0 aliphatic carbocycles. The number of fused-ring (bicyclic) bond motifs is 1. The molecule has 7 heteroatoms. The van der Waals surface area contributed by atoms with E-state index in [9.17, 15) is 15.3 Å². The van der Waals surface area contributed by atoms with Gasteiger partial charge in [-0.2, -0.15) is 0 Å². The maximum Gasteiger partial charge on any atom is 0.229 e. The van der Waals surface area contributed by atoms with E-state index in [1.54, 1.807) is 12.1 Å². The normalized spacial score (nSPS) is 30.7. The molecule has 0 radical (unpaired) electrons. The Bertz CT molecular complexity index is 645. The zero-order valence-electron chi connectivity index (χ0n) is 12.2. The maximum atomic E-state index is 9.95. The fourth-order valence-corrected chi connectivity index (χ4v) is 2.54. The average molecular weight is 324 g/mol. The van der Waals surface area contributed by atoms with Crippen molar-refractivity contribution < 1.29 is 35.4 Å². The van der Waals surface area contributed by atoms with Crippen LogP contribution in [-0.2, 0) is 4.74 Å². The Morgan fingerprint density at radius 2 is 1.61 bits per heavy atom. The van der Waals surface area contributed by atoms with Gasteiger partial charge in [-0.25, -0.2) is 0 Å². The molecule has 0 aromatic heterocycles. The third-order valence-corrected chi connectivity index (χ3v) is 3.82. The summed E-state index contributed by atoms with van der Waals surface area (Å²) in [5.74, 6) is 0.461. The molecule has 1 fully saturated rings. The summed E-state index contributed by atoms with van der Waals surface area (Å²) in [6.07, 6.45) is -6.40. The molecule has 23 heavy (non-hydrogen) atoms. The first-order valence-electron chi connectivity index (χ1n) is 7.06. The Labute approximate surface area is 132 Å². The average Bonchev–Trinajstić information content (AvgIpc) is 2.55. The molecule has 0 saturated carbocycles. The van der Waals surface area contributed by atoms with Crippen molar-refractivity contribution in [1.82, 2.24) is 0 Å². The van der Waals surface area contributed by atoms with E-state index in [2.05, 4.69) is 0 Å². The molecule has 7 nitrogen and oxygen atoms in total. The van der Waals surface area contributed by atoms with E-state index >= 15 is 0 Å². The summed E-state index contributed by atoms with van der Waals surface area (Å²) in [5, 5.41) is 40.6. The summed E-state index contributed by atoms with van der Waals surface area (Å²) < 4.78 is 10.9. The van der Waals surface area contributed by atoms with Crippen molar-refractivity contribution in [2.75, 3.05) is 6.61 Å². The molecule has 0 spiro atoms. The highest BCUT2D eigenvalue weighted by atomic mass is 16.7. The first kappa shape index (κ1) is 17.6. The second-order valence-electron chi connectivity index (χ2n) is 5.32. The first-order chi connectivity index (χ1) is 10.6. The second-order valence-corrected chi connectivity index (χ2v) is 5.32. The largest absolute Gasteiger partial charge is 0.462 e. The summed E-state index contributed by atoms with van der Waals surface area (Å²) in [7, 11) is 0. The molecular weight excluding hydrogens is 304 g/mol. The van der Waals surface area contributed by atoms with Gasteiger partial charge in [-0.3, -0.25) is 0 Å². The highest BCUT2D eigenvalue weighted by Crippen LogP contribution is 2.26. The minimum Gasteiger partial charge on any atom is -0.462 e. The van der Waals surface area contributed by atoms with Gasteiger partial charge in [0, 0.05) is 0 Å². The zero-order valence-corrected chi connectivity index (χ0v) is 12.2. The van der Waals surface area contributed by atoms with Crippen LogP contribution in [0.4, 0.5) is 0 Å². The van der Waals surface area contributed by atoms with Gasteiger partial charge in [0.25, 0.3) is 0 Å². The number of aliphatic hydroxyl groups is 4. The molecule has 2 aromatic rings. The Hall–Kier alpha value is -1.74. The number of hydrogen-bond acceptors (Lipinski definition) is 6. The van der Waals surface area contributed by atoms with Crippen molar-refractivity contribution >= 4 is 10.8 Å². The molecule has 5 atom stereocenters. The van der Waals surface area contributed by atoms with E-state index in [0.717, 1.165) is 10.8 Å². The van der Waals surface area contributed by atoms with Crippen LogP contribution >= 0.6 is 0 Å². The van der Waals surface area contributed by atoms with Crippen molar-refractivity contribution in [1.29, 1.82) is 0 Å². The standard InChI is InChI=1S/C16H18O6.H2O/c17-8-12-13(18)14(19)15(20)16(22-12)21-11-6-5-9-3-1-2-4-10(9)7-11;/h1-7,12-20H,8H2;1H2/t12-,13-,14+,15-,16-;/m1./s1. The maximum absolute atomic E-state index is 9.95. The topological polar surface area (TPSA) is 131 Å². The van der Waals surface area contributed by atoms with Gasteiger partial charge in [0.1, 0.15) is 30.2 Å². The summed E-state index contributed by atoms with van der Waals surface area (Å²) in [5.41, 5.74) is 0. The van der Waals surface area contributed by atoms with Gasteiger partial charge in [0.05, 0.1) is 6.61 Å². The fraction of sp³-hybridized carbons (Fsp3) is 0.375. The van der Waals surface area contributed by atoms with Crippen LogP contribution in [0, 0.1) is 0 Å². The van der Waals surface area contributed by atoms with Crippen molar-refractivity contribution in [2.24, 2.45) is 0 Å². The zero-order chi connectivity index (χ0) is 15.7. The number of ether oxygens (including phenoxy) is 2. The van der Waals surface area contributed by atoms with Crippen LogP contribution in [0.5, 0.6) is 5.75 Å². The van der Waals surface area contributed by atoms with Crippen LogP contribution in [0.15, 0.2) is 42.5 Å². The Morgan fingerprint density at radius 3 is 2.30 bits per heavy atom. The summed E-state index contributed by atoms with van der Waals surface area (Å²) in [6.45, 7) is -0.484. The Morgan fingerprint density at radius 1 is 0.913 bits per heavy atom. The molecule has 1 aliphatic heterocycles. The molecule has 1 heterocycles. The minimum absolute atomic E-state index is 0. The highest BCUT2D eigenvalue weighted by molar-refractivity contribution is 5.83. The van der Waals surface area contributed by atoms with Gasteiger partial charge < -0.3 is 35.4 Å². The molecule has 2 aromatic carbocycles. The van der Waals surface area contributed by atoms with Crippen LogP contribution in [0.3, 0.4) is 0 Å². The predicted octanol–water partition coefficient (Wildman–Crippen LogP) is -0.806. The van der Waals surface area contributed by atoms with E-state index in [1.165, 1.54) is 0 Å². The van der Waals surface area contributed by atoms with Gasteiger partial charge in [-0.05, 0) is 22.9 Å². The summed E-state index contributed by atoms with van der Waals surface area (Å²) >= 11 is 0. The molecule has 126 valence electrons. The summed E-state index contributed by atoms with van der Waals surface area (Å²) in [6, 6.07) is 13.1. The number of benzene rings is 2. The molecular formula is C16H20O7. The van der Waals surface area contributed by atoms with Crippen LogP contribution in [0.1, 0.15) is 0 Å². The van der Waals surface area contributed by atoms with Gasteiger partial charge in [-0.1, -0.05) is 30.3 Å².